The number of aromatic nitrogens is 2. The van der Waals surface area contributed by atoms with E-state index in [-0.39, 0.29) is 17.5 Å². The zero-order valence-electron chi connectivity index (χ0n) is 17.8. The molecule has 10 heteroatoms. The lowest BCUT2D eigenvalue weighted by Gasteiger charge is -2.37. The normalized spacial score (nSPS) is 22.1. The van der Waals surface area contributed by atoms with Crippen LogP contribution in [-0.2, 0) is 16.8 Å². The Labute approximate surface area is 174 Å². The van der Waals surface area contributed by atoms with Gasteiger partial charge >= 0.3 is 6.18 Å². The van der Waals surface area contributed by atoms with Gasteiger partial charge < -0.3 is 4.90 Å². The molecule has 0 radical (unpaired) electrons. The summed E-state index contributed by atoms with van der Waals surface area (Å²) < 4.78 is 39.3. The number of piperazine rings is 1. The van der Waals surface area contributed by atoms with E-state index >= 15 is 0 Å². The van der Waals surface area contributed by atoms with Gasteiger partial charge in [-0.15, -0.1) is 0 Å². The number of alkyl halides is 3. The summed E-state index contributed by atoms with van der Waals surface area (Å²) in [5.74, 6) is -0.421. The Bertz CT molecular complexity index is 810. The first-order valence-electron chi connectivity index (χ1n) is 10.3. The largest absolute Gasteiger partial charge is 0.406 e. The predicted octanol–water partition coefficient (Wildman–Crippen LogP) is 1.32. The molecule has 3 rings (SSSR count). The van der Waals surface area contributed by atoms with Crippen molar-refractivity contribution in [2.24, 2.45) is 0 Å². The molecule has 1 unspecified atom stereocenters. The van der Waals surface area contributed by atoms with Gasteiger partial charge in [0.05, 0.1) is 18.3 Å². The second-order valence-electron chi connectivity index (χ2n) is 9.09. The molecule has 1 aromatic heterocycles. The molecular formula is C20H30F3N5O2. The summed E-state index contributed by atoms with van der Waals surface area (Å²) in [7, 11) is 0. The molecular weight excluding hydrogens is 399 g/mol. The van der Waals surface area contributed by atoms with Crippen LogP contribution in [0.3, 0.4) is 0 Å². The van der Waals surface area contributed by atoms with Gasteiger partial charge in [-0.2, -0.15) is 18.3 Å². The highest BCUT2D eigenvalue weighted by Crippen LogP contribution is 2.24. The summed E-state index contributed by atoms with van der Waals surface area (Å²) in [6, 6.07) is 2.85. The fraction of sp³-hybridized carbons (Fsp3) is 0.750. The van der Waals surface area contributed by atoms with Crippen LogP contribution in [0.1, 0.15) is 32.9 Å². The summed E-state index contributed by atoms with van der Waals surface area (Å²) in [6.45, 7) is 8.92. The maximum Gasteiger partial charge on any atom is 0.406 e. The Hall–Kier alpha value is -1.94. The number of likely N-dealkylation sites (tertiary alicyclic amines) is 1. The molecule has 0 spiro atoms. The van der Waals surface area contributed by atoms with Gasteiger partial charge in [0.25, 0.3) is 5.56 Å². The summed E-state index contributed by atoms with van der Waals surface area (Å²) in [4.78, 5) is 29.6. The van der Waals surface area contributed by atoms with Crippen LogP contribution in [0.4, 0.5) is 13.2 Å². The number of hydrogen-bond donors (Lipinski definition) is 0. The van der Waals surface area contributed by atoms with Crippen LogP contribution in [0, 0.1) is 0 Å². The van der Waals surface area contributed by atoms with Crippen molar-refractivity contribution in [3.8, 4) is 0 Å². The van der Waals surface area contributed by atoms with Gasteiger partial charge in [-0.3, -0.25) is 19.4 Å². The molecule has 1 amide bonds. The number of hydrogen-bond acceptors (Lipinski definition) is 5. The summed E-state index contributed by atoms with van der Waals surface area (Å²) >= 11 is 0. The van der Waals surface area contributed by atoms with Gasteiger partial charge in [0.2, 0.25) is 5.91 Å². The van der Waals surface area contributed by atoms with Crippen LogP contribution in [0.15, 0.2) is 16.9 Å². The van der Waals surface area contributed by atoms with Crippen molar-refractivity contribution in [1.82, 2.24) is 24.5 Å². The third-order valence-corrected chi connectivity index (χ3v) is 5.75. The van der Waals surface area contributed by atoms with E-state index in [2.05, 4.69) is 10.00 Å². The lowest BCUT2D eigenvalue weighted by molar-refractivity contribution is -0.159. The maximum atomic E-state index is 12.6. The minimum atomic E-state index is -4.36. The zero-order chi connectivity index (χ0) is 22.1. The molecule has 1 atom stereocenters. The average molecular weight is 429 g/mol. The van der Waals surface area contributed by atoms with Crippen LogP contribution < -0.4 is 5.56 Å². The van der Waals surface area contributed by atoms with Gasteiger partial charge in [-0.05, 0) is 12.5 Å². The number of carbonyl (C=O) groups excluding carboxylic acids is 1. The molecule has 2 aliphatic heterocycles. The first kappa shape index (κ1) is 22.7. The van der Waals surface area contributed by atoms with Gasteiger partial charge in [0.15, 0.2) is 0 Å². The van der Waals surface area contributed by atoms with E-state index in [9.17, 15) is 22.8 Å². The molecule has 168 valence electrons. The van der Waals surface area contributed by atoms with Crippen LogP contribution in [0.2, 0.25) is 0 Å². The minimum Gasteiger partial charge on any atom is -0.332 e. The second kappa shape index (κ2) is 8.66. The van der Waals surface area contributed by atoms with Crippen molar-refractivity contribution >= 4 is 5.91 Å². The van der Waals surface area contributed by atoms with Crippen molar-refractivity contribution in [3.05, 3.63) is 28.2 Å². The Morgan fingerprint density at radius 2 is 1.67 bits per heavy atom. The van der Waals surface area contributed by atoms with E-state index in [1.807, 2.05) is 25.7 Å². The molecule has 30 heavy (non-hydrogen) atoms. The number of halogens is 3. The molecule has 0 aliphatic carbocycles. The van der Waals surface area contributed by atoms with Gasteiger partial charge in [-0.1, -0.05) is 20.8 Å². The topological polar surface area (TPSA) is 61.7 Å². The van der Waals surface area contributed by atoms with Crippen molar-refractivity contribution in [3.63, 3.8) is 0 Å². The van der Waals surface area contributed by atoms with Gasteiger partial charge in [0, 0.05) is 50.7 Å². The minimum absolute atomic E-state index is 0.136. The first-order chi connectivity index (χ1) is 13.9. The molecule has 2 fully saturated rings. The highest BCUT2D eigenvalue weighted by Gasteiger charge is 2.41. The lowest BCUT2D eigenvalue weighted by atomic mass is 9.92. The molecule has 0 saturated carbocycles. The van der Waals surface area contributed by atoms with E-state index < -0.39 is 24.7 Å². The van der Waals surface area contributed by atoms with E-state index in [0.717, 1.165) is 10.6 Å². The van der Waals surface area contributed by atoms with E-state index in [1.54, 1.807) is 12.1 Å². The van der Waals surface area contributed by atoms with E-state index in [4.69, 9.17) is 0 Å². The van der Waals surface area contributed by atoms with Crippen molar-refractivity contribution < 1.29 is 18.0 Å². The molecule has 7 nitrogen and oxygen atoms in total. The SMILES string of the molecule is CC(C)(C)c1ccc(=O)n(CCN2CCN(C3CCN(CC(F)(F)F)C3=O)CC2)n1. The maximum absolute atomic E-state index is 12.6. The molecule has 0 bridgehead atoms. The van der Waals surface area contributed by atoms with Crippen LogP contribution >= 0.6 is 0 Å². The third-order valence-electron chi connectivity index (χ3n) is 5.75. The van der Waals surface area contributed by atoms with Crippen molar-refractivity contribution in [1.29, 1.82) is 0 Å². The Morgan fingerprint density at radius 3 is 2.27 bits per heavy atom. The number of amides is 1. The predicted molar refractivity (Wildman–Crippen MR) is 106 cm³/mol. The van der Waals surface area contributed by atoms with E-state index in [0.29, 0.717) is 45.7 Å². The highest BCUT2D eigenvalue weighted by molar-refractivity contribution is 5.84. The smallest absolute Gasteiger partial charge is 0.332 e. The quantitative estimate of drug-likeness (QED) is 0.707. The summed E-state index contributed by atoms with van der Waals surface area (Å²) in [6.07, 6.45) is -3.92. The van der Waals surface area contributed by atoms with Crippen molar-refractivity contribution in [2.75, 3.05) is 45.8 Å². The van der Waals surface area contributed by atoms with Gasteiger partial charge in [-0.25, -0.2) is 4.68 Å². The molecule has 3 heterocycles. The number of nitrogens with zero attached hydrogens (tertiary/aromatic N) is 5. The summed E-state index contributed by atoms with van der Waals surface area (Å²) in [5.41, 5.74) is 0.576. The Balaban J connectivity index is 1.50. The summed E-state index contributed by atoms with van der Waals surface area (Å²) in [5, 5.41) is 4.48. The molecule has 0 N–H and O–H groups in total. The standard InChI is InChI=1S/C20H30F3N5O2/c1-19(2,3)16-4-5-17(29)28(24-16)13-10-25-8-11-26(12-9-25)15-6-7-27(18(15)30)14-20(21,22)23/h4-5,15H,6-14H2,1-3H3. The van der Waals surface area contributed by atoms with E-state index in [1.165, 1.54) is 4.68 Å². The Morgan fingerprint density at radius 1 is 1.00 bits per heavy atom. The lowest BCUT2D eigenvalue weighted by Crippen LogP contribution is -2.53. The molecule has 0 aromatic carbocycles. The highest BCUT2D eigenvalue weighted by atomic mass is 19.4. The monoisotopic (exact) mass is 429 g/mol. The molecule has 2 saturated heterocycles. The van der Waals surface area contributed by atoms with Crippen LogP contribution in [0.5, 0.6) is 0 Å². The first-order valence-corrected chi connectivity index (χ1v) is 10.3. The van der Waals surface area contributed by atoms with Gasteiger partial charge in [0.1, 0.15) is 6.54 Å². The fourth-order valence-electron chi connectivity index (χ4n) is 3.98. The second-order valence-corrected chi connectivity index (χ2v) is 9.09. The third kappa shape index (κ3) is 5.60. The van der Waals surface area contributed by atoms with Crippen LogP contribution in [-0.4, -0.2) is 88.4 Å². The van der Waals surface area contributed by atoms with Crippen LogP contribution in [0.25, 0.3) is 0 Å². The Kier molecular flexibility index (Phi) is 6.57. The number of carbonyl (C=O) groups is 1. The molecule has 1 aromatic rings. The fourth-order valence-corrected chi connectivity index (χ4v) is 3.98. The zero-order valence-corrected chi connectivity index (χ0v) is 17.8. The number of rotatable bonds is 5. The van der Waals surface area contributed by atoms with Crippen molar-refractivity contribution in [2.45, 2.75) is 51.4 Å². The average Bonchev–Trinajstić information content (AvgIpc) is 2.99. The molecule has 2 aliphatic rings.